The highest BCUT2D eigenvalue weighted by atomic mass is 16.6. The molecule has 0 fully saturated rings. The van der Waals surface area contributed by atoms with Gasteiger partial charge in [0.05, 0.1) is 16.3 Å². The van der Waals surface area contributed by atoms with Gasteiger partial charge in [-0.3, -0.25) is 15.1 Å². The monoisotopic (exact) mass is 255 g/mol. The average molecular weight is 255 g/mol. The van der Waals surface area contributed by atoms with Gasteiger partial charge in [0.15, 0.2) is 0 Å². The Morgan fingerprint density at radius 3 is 2.79 bits per heavy atom. The number of nitrogen functional groups attached to an aromatic ring is 1. The number of aryl methyl sites for hydroxylation is 1. The number of hydrogen-bond acceptors (Lipinski definition) is 4. The maximum atomic E-state index is 10.7. The molecule has 2 aromatic rings. The number of nitro benzene ring substituents is 1. The second-order valence-corrected chi connectivity index (χ2v) is 4.17. The van der Waals surface area contributed by atoms with Crippen molar-refractivity contribution < 1.29 is 4.92 Å². The number of nitro groups is 1. The summed E-state index contributed by atoms with van der Waals surface area (Å²) in [7, 11) is 0. The summed E-state index contributed by atoms with van der Waals surface area (Å²) in [4.78, 5) is 14.5. The van der Waals surface area contributed by atoms with E-state index >= 15 is 0 Å². The maximum absolute atomic E-state index is 10.7. The predicted octanol–water partition coefficient (Wildman–Crippen LogP) is 3.24. The van der Waals surface area contributed by atoms with Gasteiger partial charge in [-0.15, -0.1) is 0 Å². The minimum atomic E-state index is -0.432. The first-order chi connectivity index (χ1) is 9.06. The standard InChI is InChI=1S/C14H13N3O2/c1-10-5-6-13(15)14(7-10)16-9-11-3-2-4-12(8-11)17(18)19/h2-9H,15H2,1H3. The van der Waals surface area contributed by atoms with Gasteiger partial charge in [0.25, 0.3) is 5.69 Å². The fourth-order valence-electron chi connectivity index (χ4n) is 1.63. The molecule has 0 atom stereocenters. The third-order valence-electron chi connectivity index (χ3n) is 2.62. The topological polar surface area (TPSA) is 81.5 Å². The number of non-ortho nitro benzene ring substituents is 1. The Labute approximate surface area is 110 Å². The van der Waals surface area contributed by atoms with Crippen molar-refractivity contribution in [2.75, 3.05) is 5.73 Å². The number of benzene rings is 2. The van der Waals surface area contributed by atoms with Crippen molar-refractivity contribution in [2.24, 2.45) is 4.99 Å². The molecule has 0 saturated heterocycles. The smallest absolute Gasteiger partial charge is 0.270 e. The zero-order valence-corrected chi connectivity index (χ0v) is 10.4. The SMILES string of the molecule is Cc1ccc(N)c(N=Cc2cccc([N+](=O)[O-])c2)c1. The third-order valence-corrected chi connectivity index (χ3v) is 2.62. The Morgan fingerprint density at radius 1 is 1.26 bits per heavy atom. The third kappa shape index (κ3) is 3.16. The normalized spacial score (nSPS) is 10.8. The Bertz CT molecular complexity index is 651. The summed E-state index contributed by atoms with van der Waals surface area (Å²) in [6.07, 6.45) is 1.57. The lowest BCUT2D eigenvalue weighted by Gasteiger charge is -2.01. The molecular formula is C14H13N3O2. The van der Waals surface area contributed by atoms with Crippen LogP contribution in [-0.2, 0) is 0 Å². The molecule has 0 radical (unpaired) electrons. The zero-order chi connectivity index (χ0) is 13.8. The molecule has 0 bridgehead atoms. The first-order valence-electron chi connectivity index (χ1n) is 5.71. The summed E-state index contributed by atoms with van der Waals surface area (Å²) in [6, 6.07) is 11.8. The van der Waals surface area contributed by atoms with E-state index in [2.05, 4.69) is 4.99 Å². The highest BCUT2D eigenvalue weighted by molar-refractivity contribution is 5.84. The lowest BCUT2D eigenvalue weighted by molar-refractivity contribution is -0.384. The van der Waals surface area contributed by atoms with Crippen LogP contribution in [0.2, 0.25) is 0 Å². The van der Waals surface area contributed by atoms with Gasteiger partial charge in [-0.05, 0) is 30.2 Å². The van der Waals surface area contributed by atoms with E-state index in [1.54, 1.807) is 24.4 Å². The van der Waals surface area contributed by atoms with E-state index in [1.807, 2.05) is 19.1 Å². The van der Waals surface area contributed by atoms with Gasteiger partial charge in [-0.2, -0.15) is 0 Å². The van der Waals surface area contributed by atoms with Crippen LogP contribution in [0.3, 0.4) is 0 Å². The van der Waals surface area contributed by atoms with Crippen molar-refractivity contribution in [3.8, 4) is 0 Å². The van der Waals surface area contributed by atoms with Crippen molar-refractivity contribution in [1.29, 1.82) is 0 Å². The Balaban J connectivity index is 2.30. The van der Waals surface area contributed by atoms with Crippen LogP contribution in [0.25, 0.3) is 0 Å². The van der Waals surface area contributed by atoms with Gasteiger partial charge in [0.2, 0.25) is 0 Å². The number of rotatable bonds is 3. The van der Waals surface area contributed by atoms with E-state index in [9.17, 15) is 10.1 Å². The minimum Gasteiger partial charge on any atom is -0.397 e. The first kappa shape index (κ1) is 12.8. The van der Waals surface area contributed by atoms with Crippen LogP contribution in [0.4, 0.5) is 17.1 Å². The molecule has 2 N–H and O–H groups in total. The second-order valence-electron chi connectivity index (χ2n) is 4.17. The molecule has 0 unspecified atom stereocenters. The lowest BCUT2D eigenvalue weighted by atomic mass is 10.2. The van der Waals surface area contributed by atoms with E-state index in [1.165, 1.54) is 12.1 Å². The van der Waals surface area contributed by atoms with Gasteiger partial charge in [0, 0.05) is 18.3 Å². The largest absolute Gasteiger partial charge is 0.397 e. The predicted molar refractivity (Wildman–Crippen MR) is 75.9 cm³/mol. The number of anilines is 1. The molecule has 0 aromatic heterocycles. The van der Waals surface area contributed by atoms with Gasteiger partial charge in [0.1, 0.15) is 0 Å². The molecule has 5 nitrogen and oxygen atoms in total. The van der Waals surface area contributed by atoms with E-state index in [-0.39, 0.29) is 5.69 Å². The first-order valence-corrected chi connectivity index (χ1v) is 5.71. The van der Waals surface area contributed by atoms with Crippen LogP contribution < -0.4 is 5.73 Å². The van der Waals surface area contributed by atoms with E-state index < -0.39 is 4.92 Å². The van der Waals surface area contributed by atoms with E-state index in [0.717, 1.165) is 5.56 Å². The van der Waals surface area contributed by atoms with Crippen molar-refractivity contribution in [3.63, 3.8) is 0 Å². The minimum absolute atomic E-state index is 0.0427. The van der Waals surface area contributed by atoms with Crippen LogP contribution in [0.5, 0.6) is 0 Å². The van der Waals surface area contributed by atoms with Crippen molar-refractivity contribution >= 4 is 23.3 Å². The van der Waals surface area contributed by atoms with Crippen LogP contribution >= 0.6 is 0 Å². The van der Waals surface area contributed by atoms with E-state index in [4.69, 9.17) is 5.73 Å². The van der Waals surface area contributed by atoms with Crippen molar-refractivity contribution in [2.45, 2.75) is 6.92 Å². The highest BCUT2D eigenvalue weighted by Crippen LogP contribution is 2.23. The van der Waals surface area contributed by atoms with Gasteiger partial charge >= 0.3 is 0 Å². The summed E-state index contributed by atoms with van der Waals surface area (Å²) in [5.74, 6) is 0. The molecule has 0 aliphatic heterocycles. The Kier molecular flexibility index (Phi) is 3.56. The number of aliphatic imine (C=N–C) groups is 1. The quantitative estimate of drug-likeness (QED) is 0.395. The molecule has 19 heavy (non-hydrogen) atoms. The van der Waals surface area contributed by atoms with Gasteiger partial charge in [-0.25, -0.2) is 0 Å². The molecule has 0 heterocycles. The molecule has 2 aromatic carbocycles. The van der Waals surface area contributed by atoms with Gasteiger partial charge in [-0.1, -0.05) is 18.2 Å². The molecule has 96 valence electrons. The van der Waals surface area contributed by atoms with Crippen LogP contribution in [-0.4, -0.2) is 11.1 Å². The lowest BCUT2D eigenvalue weighted by Crippen LogP contribution is -1.90. The molecule has 0 aliphatic carbocycles. The maximum Gasteiger partial charge on any atom is 0.270 e. The van der Waals surface area contributed by atoms with Crippen molar-refractivity contribution in [3.05, 3.63) is 63.7 Å². The molecule has 0 aliphatic rings. The van der Waals surface area contributed by atoms with Crippen LogP contribution in [0.15, 0.2) is 47.5 Å². The summed E-state index contributed by atoms with van der Waals surface area (Å²) in [6.45, 7) is 1.95. The Morgan fingerprint density at radius 2 is 2.05 bits per heavy atom. The Hall–Kier alpha value is -2.69. The summed E-state index contributed by atoms with van der Waals surface area (Å²) < 4.78 is 0. The van der Waals surface area contributed by atoms with Gasteiger partial charge < -0.3 is 5.73 Å². The summed E-state index contributed by atoms with van der Waals surface area (Å²) in [5, 5.41) is 10.7. The summed E-state index contributed by atoms with van der Waals surface area (Å²) >= 11 is 0. The molecule has 2 rings (SSSR count). The molecule has 5 heteroatoms. The van der Waals surface area contributed by atoms with Crippen LogP contribution in [0.1, 0.15) is 11.1 Å². The fourth-order valence-corrected chi connectivity index (χ4v) is 1.63. The number of nitrogens with two attached hydrogens (primary N) is 1. The fraction of sp³-hybridized carbons (Fsp3) is 0.0714. The number of nitrogens with zero attached hydrogens (tertiary/aromatic N) is 2. The molecule has 0 amide bonds. The van der Waals surface area contributed by atoms with E-state index in [0.29, 0.717) is 16.9 Å². The zero-order valence-electron chi connectivity index (χ0n) is 10.4. The second kappa shape index (κ2) is 5.30. The number of hydrogen-bond donors (Lipinski definition) is 1. The molecule has 0 saturated carbocycles. The molecule has 0 spiro atoms. The van der Waals surface area contributed by atoms with Crippen molar-refractivity contribution in [1.82, 2.24) is 0 Å². The molecular weight excluding hydrogens is 242 g/mol. The highest BCUT2D eigenvalue weighted by Gasteiger charge is 2.04. The van der Waals surface area contributed by atoms with Crippen LogP contribution in [0, 0.1) is 17.0 Å². The average Bonchev–Trinajstić information content (AvgIpc) is 2.40. The summed E-state index contributed by atoms with van der Waals surface area (Å²) in [5.41, 5.74) is 8.81.